The summed E-state index contributed by atoms with van der Waals surface area (Å²) >= 11 is 0. The molecule has 0 spiro atoms. The van der Waals surface area contributed by atoms with Gasteiger partial charge < -0.3 is 20.5 Å². The molecule has 3 amide bonds. The van der Waals surface area contributed by atoms with Crippen molar-refractivity contribution in [1.29, 1.82) is 0 Å². The van der Waals surface area contributed by atoms with Crippen LogP contribution in [0.1, 0.15) is 35.3 Å². The summed E-state index contributed by atoms with van der Waals surface area (Å²) in [5, 5.41) is 3.27. The van der Waals surface area contributed by atoms with Crippen molar-refractivity contribution in [2.45, 2.75) is 44.9 Å². The highest BCUT2D eigenvalue weighted by Crippen LogP contribution is 2.29. The van der Waals surface area contributed by atoms with Gasteiger partial charge >= 0.3 is 0 Å². The van der Waals surface area contributed by atoms with E-state index >= 15 is 0 Å². The molecular formula is C29H28F2N6O3. The Bertz CT molecular complexity index is 1590. The van der Waals surface area contributed by atoms with Crippen LogP contribution in [-0.2, 0) is 16.1 Å². The molecule has 1 saturated heterocycles. The molecule has 9 nitrogen and oxygen atoms in total. The second kappa shape index (κ2) is 11.2. The molecule has 4 aromatic rings. The van der Waals surface area contributed by atoms with Gasteiger partial charge in [0, 0.05) is 41.1 Å². The van der Waals surface area contributed by atoms with Crippen LogP contribution in [0.3, 0.4) is 0 Å². The summed E-state index contributed by atoms with van der Waals surface area (Å²) in [6, 6.07) is 12.4. The van der Waals surface area contributed by atoms with Crippen molar-refractivity contribution in [1.82, 2.24) is 19.4 Å². The van der Waals surface area contributed by atoms with Gasteiger partial charge in [0.05, 0.1) is 5.56 Å². The van der Waals surface area contributed by atoms with Gasteiger partial charge in [-0.1, -0.05) is 12.1 Å². The minimum absolute atomic E-state index is 0.0723. The smallest absolute Gasteiger partial charge is 0.250 e. The lowest BCUT2D eigenvalue weighted by Gasteiger charge is -2.29. The minimum Gasteiger partial charge on any atom is -0.366 e. The number of nitrogens with one attached hydrogen (secondary N) is 1. The zero-order valence-corrected chi connectivity index (χ0v) is 21.8. The Morgan fingerprint density at radius 2 is 1.88 bits per heavy atom. The number of aromatic nitrogens is 3. The Morgan fingerprint density at radius 3 is 2.60 bits per heavy atom. The molecule has 0 saturated carbocycles. The van der Waals surface area contributed by atoms with Gasteiger partial charge in [-0.2, -0.15) is 4.39 Å². The van der Waals surface area contributed by atoms with Crippen LogP contribution in [0.5, 0.6) is 0 Å². The fraction of sp³-hybridized carbons (Fsp3) is 0.276. The van der Waals surface area contributed by atoms with Gasteiger partial charge in [0.15, 0.2) is 0 Å². The molecule has 0 aliphatic carbocycles. The lowest BCUT2D eigenvalue weighted by molar-refractivity contribution is -0.139. The topological polar surface area (TPSA) is 123 Å². The van der Waals surface area contributed by atoms with E-state index in [0.29, 0.717) is 27.8 Å². The molecule has 1 aliphatic heterocycles. The van der Waals surface area contributed by atoms with E-state index in [1.807, 2.05) is 0 Å². The first-order valence-electron chi connectivity index (χ1n) is 12.9. The molecule has 11 heteroatoms. The van der Waals surface area contributed by atoms with Gasteiger partial charge in [-0.15, -0.1) is 0 Å². The van der Waals surface area contributed by atoms with Crippen LogP contribution in [-0.4, -0.2) is 55.9 Å². The Hall–Kier alpha value is -4.67. The van der Waals surface area contributed by atoms with Crippen molar-refractivity contribution in [3.05, 3.63) is 78.1 Å². The number of alkyl halides is 1. The number of nitrogens with zero attached hydrogens (tertiary/aromatic N) is 4. The number of rotatable bonds is 6. The maximum Gasteiger partial charge on any atom is 0.250 e. The number of anilines is 1. The number of benzene rings is 1. The highest BCUT2D eigenvalue weighted by atomic mass is 19.1. The summed E-state index contributed by atoms with van der Waals surface area (Å²) in [5.74, 6) is -1.77. The van der Waals surface area contributed by atoms with E-state index in [1.54, 1.807) is 54.0 Å². The first-order valence-corrected chi connectivity index (χ1v) is 12.9. The highest BCUT2D eigenvalue weighted by molar-refractivity contribution is 6.07. The Balaban J connectivity index is 1.43. The third kappa shape index (κ3) is 5.68. The van der Waals surface area contributed by atoms with Crippen LogP contribution in [0, 0.1) is 12.9 Å². The Morgan fingerprint density at radius 1 is 1.07 bits per heavy atom. The predicted octanol–water partition coefficient (Wildman–Crippen LogP) is 4.00. The summed E-state index contributed by atoms with van der Waals surface area (Å²) in [5.41, 5.74) is 8.48. The van der Waals surface area contributed by atoms with Crippen molar-refractivity contribution in [2.75, 3.05) is 11.9 Å². The van der Waals surface area contributed by atoms with Crippen LogP contribution in [0.4, 0.5) is 14.6 Å². The number of halogens is 2. The number of pyridine rings is 2. The number of fused-ring (bicyclic) bond motifs is 1. The fourth-order valence-corrected chi connectivity index (χ4v) is 5.05. The summed E-state index contributed by atoms with van der Waals surface area (Å²) < 4.78 is 29.2. The maximum absolute atomic E-state index is 14.4. The number of hydrogen-bond donors (Lipinski definition) is 2. The lowest BCUT2D eigenvalue weighted by Crippen LogP contribution is -2.48. The molecule has 5 rings (SSSR count). The number of hydrogen-bond acceptors (Lipinski definition) is 5. The average molecular weight is 547 g/mol. The number of likely N-dealkylation sites (tertiary alicyclic amines) is 1. The SMILES string of the molecule is Cc1cccc(NC(=O)[C@@H]2CCC(F)CCN2C(=O)Cn2cc(C(N)=O)c3cc(-c4ccc(F)nc4)ccc32)n1. The zero-order valence-electron chi connectivity index (χ0n) is 21.8. The normalized spacial score (nSPS) is 17.4. The lowest BCUT2D eigenvalue weighted by atomic mass is 10.0. The predicted molar refractivity (Wildman–Crippen MR) is 145 cm³/mol. The fourth-order valence-electron chi connectivity index (χ4n) is 5.05. The van der Waals surface area contributed by atoms with Crippen molar-refractivity contribution in [2.24, 2.45) is 5.73 Å². The van der Waals surface area contributed by atoms with Crippen LogP contribution >= 0.6 is 0 Å². The van der Waals surface area contributed by atoms with Gasteiger partial charge in [0.2, 0.25) is 17.8 Å². The minimum atomic E-state index is -1.13. The summed E-state index contributed by atoms with van der Waals surface area (Å²) in [4.78, 5) is 48.5. The molecule has 1 unspecified atom stereocenters. The van der Waals surface area contributed by atoms with E-state index in [4.69, 9.17) is 5.73 Å². The number of carbonyl (C=O) groups is 3. The molecule has 2 atom stereocenters. The quantitative estimate of drug-likeness (QED) is 0.354. The average Bonchev–Trinajstić information content (AvgIpc) is 3.15. The molecule has 1 fully saturated rings. The van der Waals surface area contributed by atoms with Crippen LogP contribution < -0.4 is 11.1 Å². The molecule has 3 N–H and O–H groups in total. The van der Waals surface area contributed by atoms with Gasteiger partial charge in [0.1, 0.15) is 24.6 Å². The van der Waals surface area contributed by atoms with E-state index in [0.717, 1.165) is 5.69 Å². The highest BCUT2D eigenvalue weighted by Gasteiger charge is 2.34. The van der Waals surface area contributed by atoms with E-state index in [2.05, 4.69) is 15.3 Å². The number of amides is 3. The van der Waals surface area contributed by atoms with Crippen LogP contribution in [0.2, 0.25) is 0 Å². The van der Waals surface area contributed by atoms with Crippen molar-refractivity contribution < 1.29 is 23.2 Å². The Labute approximate surface area is 229 Å². The second-order valence-electron chi connectivity index (χ2n) is 9.86. The van der Waals surface area contributed by atoms with Gasteiger partial charge in [-0.05, 0) is 68.1 Å². The first-order chi connectivity index (χ1) is 19.2. The molecule has 1 aliphatic rings. The van der Waals surface area contributed by atoms with E-state index < -0.39 is 35.9 Å². The van der Waals surface area contributed by atoms with Crippen LogP contribution in [0.15, 0.2) is 60.9 Å². The van der Waals surface area contributed by atoms with Gasteiger partial charge in [-0.25, -0.2) is 14.4 Å². The van der Waals surface area contributed by atoms with Gasteiger partial charge in [-0.3, -0.25) is 14.4 Å². The first kappa shape index (κ1) is 26.9. The standard InChI is InChI=1S/C29H28F2N6O3/c1-17-3-2-4-26(34-17)35-29(40)24-9-7-20(30)11-12-37(24)27(38)16-36-15-22(28(32)39)21-13-18(5-8-23(21)36)19-6-10-25(31)33-14-19/h2-6,8,10,13-15,20,24H,7,9,11-12,16H2,1H3,(H2,32,39)(H,34,35,40)/t20?,24-/m0/s1. The second-order valence-corrected chi connectivity index (χ2v) is 9.86. The van der Waals surface area contributed by atoms with E-state index in [-0.39, 0.29) is 37.9 Å². The molecular weight excluding hydrogens is 518 g/mol. The number of carbonyl (C=O) groups excluding carboxylic acids is 3. The van der Waals surface area contributed by atoms with Crippen molar-refractivity contribution >= 4 is 34.4 Å². The van der Waals surface area contributed by atoms with E-state index in [9.17, 15) is 23.2 Å². The molecule has 4 heterocycles. The number of primary amides is 1. The Kier molecular flexibility index (Phi) is 7.54. The molecule has 0 radical (unpaired) electrons. The number of aryl methyl sites for hydroxylation is 1. The van der Waals surface area contributed by atoms with Crippen molar-refractivity contribution in [3.8, 4) is 11.1 Å². The monoisotopic (exact) mass is 546 g/mol. The van der Waals surface area contributed by atoms with Crippen molar-refractivity contribution in [3.63, 3.8) is 0 Å². The number of nitrogens with two attached hydrogens (primary N) is 1. The summed E-state index contributed by atoms with van der Waals surface area (Å²) in [7, 11) is 0. The van der Waals surface area contributed by atoms with Crippen LogP contribution in [0.25, 0.3) is 22.0 Å². The molecule has 3 aromatic heterocycles. The summed E-state index contributed by atoms with van der Waals surface area (Å²) in [6.45, 7) is 1.68. The summed E-state index contributed by atoms with van der Waals surface area (Å²) in [6.07, 6.45) is 2.20. The molecule has 206 valence electrons. The third-order valence-electron chi connectivity index (χ3n) is 7.09. The molecule has 0 bridgehead atoms. The largest absolute Gasteiger partial charge is 0.366 e. The third-order valence-corrected chi connectivity index (χ3v) is 7.09. The van der Waals surface area contributed by atoms with E-state index in [1.165, 1.54) is 23.4 Å². The van der Waals surface area contributed by atoms with Gasteiger partial charge in [0.25, 0.3) is 5.91 Å². The molecule has 40 heavy (non-hydrogen) atoms. The maximum atomic E-state index is 14.4. The molecule has 1 aromatic carbocycles. The zero-order chi connectivity index (χ0) is 28.4.